The first-order chi connectivity index (χ1) is 12.2. The molecule has 1 saturated heterocycles. The Morgan fingerprint density at radius 1 is 1.08 bits per heavy atom. The first-order valence-corrected chi connectivity index (χ1v) is 7.50. The lowest BCUT2D eigenvalue weighted by atomic mass is 10.0. The Hall–Kier alpha value is -3.02. The number of ether oxygens (including phenoxy) is 4. The van der Waals surface area contributed by atoms with Crippen LogP contribution in [0.2, 0.25) is 0 Å². The van der Waals surface area contributed by atoms with Gasteiger partial charge in [0.2, 0.25) is 0 Å². The molecule has 12 nitrogen and oxygen atoms in total. The van der Waals surface area contributed by atoms with E-state index < -0.39 is 53.7 Å². The number of nitrogens with one attached hydrogen (secondary N) is 1. The highest BCUT2D eigenvalue weighted by Gasteiger charge is 2.48. The molecule has 12 heteroatoms. The van der Waals surface area contributed by atoms with Crippen molar-refractivity contribution in [1.82, 2.24) is 14.8 Å². The third kappa shape index (κ3) is 4.53. The Kier molecular flexibility index (Phi) is 5.87. The number of aromatic nitrogens is 3. The second-order valence-electron chi connectivity index (χ2n) is 5.40. The van der Waals surface area contributed by atoms with Gasteiger partial charge in [0.15, 0.2) is 24.5 Å². The van der Waals surface area contributed by atoms with Crippen LogP contribution in [0.15, 0.2) is 15.8 Å². The topological polar surface area (TPSA) is 156 Å². The Morgan fingerprint density at radius 2 is 1.65 bits per heavy atom. The molecule has 2 heterocycles. The van der Waals surface area contributed by atoms with Gasteiger partial charge in [-0.2, -0.15) is 9.78 Å². The van der Waals surface area contributed by atoms with Gasteiger partial charge in [-0.1, -0.05) is 0 Å². The van der Waals surface area contributed by atoms with E-state index in [9.17, 15) is 24.0 Å². The number of rotatable bonds is 4. The molecule has 4 atom stereocenters. The lowest BCUT2D eigenvalue weighted by molar-refractivity contribution is -0.242. The lowest BCUT2D eigenvalue weighted by Crippen LogP contribution is -2.57. The van der Waals surface area contributed by atoms with Crippen molar-refractivity contribution in [3.05, 3.63) is 27.0 Å². The van der Waals surface area contributed by atoms with Crippen molar-refractivity contribution in [1.29, 1.82) is 0 Å². The van der Waals surface area contributed by atoms with E-state index in [0.717, 1.165) is 31.6 Å². The highest BCUT2D eigenvalue weighted by molar-refractivity contribution is 5.68. The predicted octanol–water partition coefficient (Wildman–Crippen LogP) is -1.74. The van der Waals surface area contributed by atoms with Crippen LogP contribution in [0.5, 0.6) is 0 Å². The van der Waals surface area contributed by atoms with Gasteiger partial charge in [0.25, 0.3) is 5.56 Å². The minimum atomic E-state index is -1.36. The molecule has 0 saturated carbocycles. The van der Waals surface area contributed by atoms with E-state index in [0.29, 0.717) is 0 Å². The molecular weight excluding hydrogens is 354 g/mol. The number of esters is 3. The predicted molar refractivity (Wildman–Crippen MR) is 80.8 cm³/mol. The van der Waals surface area contributed by atoms with E-state index in [-0.39, 0.29) is 6.61 Å². The number of hydrogen-bond donors (Lipinski definition) is 1. The van der Waals surface area contributed by atoms with Crippen molar-refractivity contribution < 1.29 is 33.3 Å². The summed E-state index contributed by atoms with van der Waals surface area (Å²) in [6, 6.07) is 0. The summed E-state index contributed by atoms with van der Waals surface area (Å²) in [6.07, 6.45) is -4.17. The lowest BCUT2D eigenvalue weighted by Gasteiger charge is -2.40. The number of carbonyl (C=O) groups is 3. The van der Waals surface area contributed by atoms with E-state index in [1.807, 2.05) is 4.98 Å². The summed E-state index contributed by atoms with van der Waals surface area (Å²) in [5.74, 6) is -2.16. The molecule has 1 aromatic heterocycles. The van der Waals surface area contributed by atoms with E-state index in [1.165, 1.54) is 0 Å². The van der Waals surface area contributed by atoms with Crippen LogP contribution in [0, 0.1) is 0 Å². The number of hydrogen-bond acceptors (Lipinski definition) is 10. The molecule has 142 valence electrons. The van der Waals surface area contributed by atoms with Gasteiger partial charge in [0.05, 0.1) is 6.61 Å². The van der Waals surface area contributed by atoms with E-state index >= 15 is 0 Å². The van der Waals surface area contributed by atoms with Crippen LogP contribution in [0.4, 0.5) is 0 Å². The first-order valence-electron chi connectivity index (χ1n) is 7.50. The third-order valence-electron chi connectivity index (χ3n) is 3.30. The summed E-state index contributed by atoms with van der Waals surface area (Å²) < 4.78 is 21.5. The Morgan fingerprint density at radius 3 is 2.19 bits per heavy atom. The van der Waals surface area contributed by atoms with Gasteiger partial charge < -0.3 is 18.9 Å². The van der Waals surface area contributed by atoms with Crippen molar-refractivity contribution in [2.75, 3.05) is 6.61 Å². The fourth-order valence-electron chi connectivity index (χ4n) is 2.48. The SMILES string of the molecule is CC(=O)O[C@@H]1[C@H](OC(C)=O)[C@@H](n2ncc(=O)[nH]c2=O)OC[C@H]1OC(C)=O. The van der Waals surface area contributed by atoms with Crippen molar-refractivity contribution >= 4 is 17.9 Å². The summed E-state index contributed by atoms with van der Waals surface area (Å²) in [5.41, 5.74) is -1.66. The highest BCUT2D eigenvalue weighted by atomic mass is 16.6. The Labute approximate surface area is 146 Å². The zero-order valence-corrected chi connectivity index (χ0v) is 14.2. The Balaban J connectivity index is 2.46. The average Bonchev–Trinajstić information content (AvgIpc) is 2.50. The smallest absolute Gasteiger partial charge is 0.347 e. The summed E-state index contributed by atoms with van der Waals surface area (Å²) in [5, 5.41) is 3.65. The number of nitrogens with zero attached hydrogens (tertiary/aromatic N) is 2. The van der Waals surface area contributed by atoms with Gasteiger partial charge in [-0.3, -0.25) is 24.2 Å². The second-order valence-corrected chi connectivity index (χ2v) is 5.40. The second kappa shape index (κ2) is 7.91. The zero-order chi connectivity index (χ0) is 19.4. The number of carbonyl (C=O) groups excluding carboxylic acids is 3. The molecule has 1 N–H and O–H groups in total. The maximum absolute atomic E-state index is 12.0. The summed E-state index contributed by atoms with van der Waals surface area (Å²) in [7, 11) is 0. The van der Waals surface area contributed by atoms with Crippen LogP contribution in [0.3, 0.4) is 0 Å². The molecule has 0 amide bonds. The standard InChI is InChI=1S/C14H17N3O9/c1-6(18)24-9-5-23-13(17-14(22)16-10(21)4-15-17)12(26-8(3)20)11(9)25-7(2)19/h4,9,11-13H,5H2,1-3H3,(H,16,21,22)/t9-,11+,12+,13+/m1/s1. The molecule has 1 aliphatic rings. The quantitative estimate of drug-likeness (QED) is 0.476. The van der Waals surface area contributed by atoms with E-state index in [1.54, 1.807) is 0 Å². The summed E-state index contributed by atoms with van der Waals surface area (Å²) in [4.78, 5) is 59.4. The number of aromatic amines is 1. The van der Waals surface area contributed by atoms with Crippen molar-refractivity contribution in [3.8, 4) is 0 Å². The highest BCUT2D eigenvalue weighted by Crippen LogP contribution is 2.29. The molecule has 0 spiro atoms. The minimum absolute atomic E-state index is 0.271. The van der Waals surface area contributed by atoms with Gasteiger partial charge in [0, 0.05) is 20.8 Å². The van der Waals surface area contributed by atoms with Gasteiger partial charge in [-0.05, 0) is 0 Å². The van der Waals surface area contributed by atoms with Crippen LogP contribution in [0.1, 0.15) is 27.0 Å². The van der Waals surface area contributed by atoms with Gasteiger partial charge in [-0.25, -0.2) is 4.79 Å². The fraction of sp³-hybridized carbons (Fsp3) is 0.571. The van der Waals surface area contributed by atoms with Gasteiger partial charge in [-0.15, -0.1) is 0 Å². The minimum Gasteiger partial charge on any atom is -0.456 e. The van der Waals surface area contributed by atoms with E-state index in [4.69, 9.17) is 18.9 Å². The first kappa shape index (κ1) is 19.3. The van der Waals surface area contributed by atoms with Crippen molar-refractivity contribution in [3.63, 3.8) is 0 Å². The molecule has 1 aromatic rings. The normalized spacial score (nSPS) is 25.2. The molecule has 2 rings (SSSR count). The molecule has 0 unspecified atom stereocenters. The average molecular weight is 371 g/mol. The van der Waals surface area contributed by atoms with Crippen molar-refractivity contribution in [2.45, 2.75) is 45.3 Å². The maximum atomic E-state index is 12.0. The van der Waals surface area contributed by atoms with Gasteiger partial charge >= 0.3 is 23.6 Å². The largest absolute Gasteiger partial charge is 0.456 e. The molecule has 0 aromatic carbocycles. The van der Waals surface area contributed by atoms with Crippen LogP contribution in [0.25, 0.3) is 0 Å². The van der Waals surface area contributed by atoms with Crippen LogP contribution in [-0.2, 0) is 33.3 Å². The monoisotopic (exact) mass is 371 g/mol. The van der Waals surface area contributed by atoms with Crippen LogP contribution >= 0.6 is 0 Å². The van der Waals surface area contributed by atoms with Crippen molar-refractivity contribution in [2.24, 2.45) is 0 Å². The molecule has 0 radical (unpaired) electrons. The molecule has 1 fully saturated rings. The maximum Gasteiger partial charge on any atom is 0.347 e. The molecule has 1 aliphatic heterocycles. The third-order valence-corrected chi connectivity index (χ3v) is 3.30. The Bertz CT molecular complexity index is 814. The van der Waals surface area contributed by atoms with Crippen LogP contribution < -0.4 is 11.2 Å². The van der Waals surface area contributed by atoms with E-state index in [2.05, 4.69) is 5.10 Å². The summed E-state index contributed by atoms with van der Waals surface area (Å²) in [6.45, 7) is 3.09. The fourth-order valence-corrected chi connectivity index (χ4v) is 2.48. The number of H-pyrrole nitrogens is 1. The summed E-state index contributed by atoms with van der Waals surface area (Å²) >= 11 is 0. The molecule has 0 aliphatic carbocycles. The molecule has 26 heavy (non-hydrogen) atoms. The molecular formula is C14H17N3O9. The van der Waals surface area contributed by atoms with Gasteiger partial charge in [0.1, 0.15) is 6.20 Å². The molecule has 0 bridgehead atoms. The zero-order valence-electron chi connectivity index (χ0n) is 14.2. The van der Waals surface area contributed by atoms with Crippen LogP contribution in [-0.4, -0.2) is 57.6 Å².